The fraction of sp³-hybridized carbons (Fsp3) is 0.529. The molecule has 2 unspecified atom stereocenters. The summed E-state index contributed by atoms with van der Waals surface area (Å²) >= 11 is 1.85. The van der Waals surface area contributed by atoms with Crippen LogP contribution in [0.1, 0.15) is 37.8 Å². The maximum atomic E-state index is 6.13. The quantitative estimate of drug-likeness (QED) is 0.924. The molecule has 20 heavy (non-hydrogen) atoms. The molecular weight excluding hydrogens is 264 g/mol. The Morgan fingerprint density at radius 1 is 1.30 bits per heavy atom. The van der Waals surface area contributed by atoms with Gasteiger partial charge in [0.1, 0.15) is 0 Å². The van der Waals surface area contributed by atoms with Crippen molar-refractivity contribution >= 4 is 21.4 Å². The molecule has 1 saturated heterocycles. The third-order valence-electron chi connectivity index (χ3n) is 4.59. The largest absolute Gasteiger partial charge is 0.329 e. The monoisotopic (exact) mass is 288 g/mol. The molecule has 0 radical (unpaired) electrons. The first-order chi connectivity index (χ1) is 9.79. The van der Waals surface area contributed by atoms with E-state index in [1.54, 1.807) is 0 Å². The summed E-state index contributed by atoms with van der Waals surface area (Å²) in [4.78, 5) is 2.61. The van der Waals surface area contributed by atoms with Gasteiger partial charge in [-0.3, -0.25) is 4.90 Å². The van der Waals surface area contributed by atoms with Gasteiger partial charge in [0.25, 0.3) is 0 Å². The van der Waals surface area contributed by atoms with Crippen molar-refractivity contribution in [3.05, 3.63) is 35.2 Å². The molecule has 1 aliphatic heterocycles. The van der Waals surface area contributed by atoms with Crippen LogP contribution < -0.4 is 5.73 Å². The second-order valence-electron chi connectivity index (χ2n) is 6.01. The molecular formula is C17H24N2S. The van der Waals surface area contributed by atoms with Gasteiger partial charge in [-0.05, 0) is 60.7 Å². The van der Waals surface area contributed by atoms with Crippen LogP contribution in [0.25, 0.3) is 10.1 Å². The number of nitrogens with two attached hydrogens (primary N) is 1. The molecule has 3 rings (SSSR count). The lowest BCUT2D eigenvalue weighted by Gasteiger charge is -2.29. The predicted octanol–water partition coefficient (Wildman–Crippen LogP) is 4.02. The number of likely N-dealkylation sites (tertiary alicyclic amines) is 1. The summed E-state index contributed by atoms with van der Waals surface area (Å²) in [7, 11) is 0. The molecule has 0 amide bonds. The van der Waals surface area contributed by atoms with Gasteiger partial charge in [0.2, 0.25) is 0 Å². The van der Waals surface area contributed by atoms with Crippen LogP contribution in [0.4, 0.5) is 0 Å². The van der Waals surface area contributed by atoms with Crippen LogP contribution in [0.2, 0.25) is 0 Å². The maximum absolute atomic E-state index is 6.13. The first-order valence-electron chi connectivity index (χ1n) is 7.70. The Balaban J connectivity index is 1.89. The summed E-state index contributed by atoms with van der Waals surface area (Å²) in [6.45, 7) is 5.47. The van der Waals surface area contributed by atoms with Crippen LogP contribution in [0.3, 0.4) is 0 Å². The standard InChI is InChI=1S/C17H24N2S/c1-13-5-4-9-19(10-8-13)16(11-18)15-12-20-17-7-3-2-6-14(15)17/h2-3,6-7,12-13,16H,4-5,8-11,18H2,1H3. The number of benzene rings is 1. The lowest BCUT2D eigenvalue weighted by molar-refractivity contribution is 0.209. The fourth-order valence-electron chi connectivity index (χ4n) is 3.33. The number of rotatable bonds is 3. The molecule has 0 aliphatic carbocycles. The zero-order valence-electron chi connectivity index (χ0n) is 12.2. The Kier molecular flexibility index (Phi) is 4.39. The fourth-order valence-corrected chi connectivity index (χ4v) is 4.33. The Morgan fingerprint density at radius 2 is 2.15 bits per heavy atom. The molecule has 0 saturated carbocycles. The molecule has 2 N–H and O–H groups in total. The molecule has 0 spiro atoms. The number of nitrogens with zero attached hydrogens (tertiary/aromatic N) is 1. The van der Waals surface area contributed by atoms with E-state index in [2.05, 4.69) is 41.5 Å². The van der Waals surface area contributed by atoms with Crippen molar-refractivity contribution in [1.29, 1.82) is 0 Å². The van der Waals surface area contributed by atoms with Gasteiger partial charge in [-0.15, -0.1) is 11.3 Å². The molecule has 1 fully saturated rings. The lowest BCUT2D eigenvalue weighted by Crippen LogP contribution is -2.34. The van der Waals surface area contributed by atoms with E-state index in [4.69, 9.17) is 5.73 Å². The molecule has 0 bridgehead atoms. The van der Waals surface area contributed by atoms with E-state index < -0.39 is 0 Å². The normalized spacial score (nSPS) is 22.8. The van der Waals surface area contributed by atoms with E-state index in [0.29, 0.717) is 6.04 Å². The van der Waals surface area contributed by atoms with Gasteiger partial charge in [-0.25, -0.2) is 0 Å². The van der Waals surface area contributed by atoms with Crippen LogP contribution >= 0.6 is 11.3 Å². The average Bonchev–Trinajstić information content (AvgIpc) is 2.77. The highest BCUT2D eigenvalue weighted by Crippen LogP contribution is 2.34. The molecule has 2 atom stereocenters. The highest BCUT2D eigenvalue weighted by molar-refractivity contribution is 7.17. The first-order valence-corrected chi connectivity index (χ1v) is 8.58. The van der Waals surface area contributed by atoms with Crippen molar-refractivity contribution in [3.63, 3.8) is 0 Å². The third-order valence-corrected chi connectivity index (χ3v) is 5.57. The van der Waals surface area contributed by atoms with Crippen LogP contribution in [0.5, 0.6) is 0 Å². The van der Waals surface area contributed by atoms with Gasteiger partial charge < -0.3 is 5.73 Å². The van der Waals surface area contributed by atoms with Gasteiger partial charge in [0, 0.05) is 17.3 Å². The van der Waals surface area contributed by atoms with Crippen LogP contribution in [-0.2, 0) is 0 Å². The van der Waals surface area contributed by atoms with E-state index in [1.807, 2.05) is 11.3 Å². The van der Waals surface area contributed by atoms with Crippen molar-refractivity contribution in [1.82, 2.24) is 4.90 Å². The molecule has 2 aromatic rings. The van der Waals surface area contributed by atoms with Gasteiger partial charge in [0.05, 0.1) is 0 Å². The minimum absolute atomic E-state index is 0.386. The molecule has 1 aliphatic rings. The SMILES string of the molecule is CC1CCCN(C(CN)c2csc3ccccc23)CC1. The Morgan fingerprint density at radius 3 is 3.00 bits per heavy atom. The van der Waals surface area contributed by atoms with Gasteiger partial charge >= 0.3 is 0 Å². The second-order valence-corrected chi connectivity index (χ2v) is 6.92. The zero-order chi connectivity index (χ0) is 13.9. The summed E-state index contributed by atoms with van der Waals surface area (Å²) in [5.41, 5.74) is 7.57. The highest BCUT2D eigenvalue weighted by Gasteiger charge is 2.24. The van der Waals surface area contributed by atoms with E-state index >= 15 is 0 Å². The van der Waals surface area contributed by atoms with Crippen molar-refractivity contribution in [2.24, 2.45) is 11.7 Å². The maximum Gasteiger partial charge on any atom is 0.0484 e. The van der Waals surface area contributed by atoms with Crippen molar-refractivity contribution in [2.75, 3.05) is 19.6 Å². The van der Waals surface area contributed by atoms with E-state index in [-0.39, 0.29) is 0 Å². The lowest BCUT2D eigenvalue weighted by atomic mass is 10.0. The summed E-state index contributed by atoms with van der Waals surface area (Å²) < 4.78 is 1.38. The third kappa shape index (κ3) is 2.76. The molecule has 108 valence electrons. The van der Waals surface area contributed by atoms with Crippen LogP contribution in [0, 0.1) is 5.92 Å². The van der Waals surface area contributed by atoms with Gasteiger partial charge in [-0.1, -0.05) is 25.1 Å². The van der Waals surface area contributed by atoms with Crippen molar-refractivity contribution in [2.45, 2.75) is 32.2 Å². The summed E-state index contributed by atoms with van der Waals surface area (Å²) in [6, 6.07) is 9.09. The van der Waals surface area contributed by atoms with Crippen LogP contribution in [-0.4, -0.2) is 24.5 Å². The highest BCUT2D eigenvalue weighted by atomic mass is 32.1. The second kappa shape index (κ2) is 6.25. The summed E-state index contributed by atoms with van der Waals surface area (Å²) in [5.74, 6) is 0.859. The molecule has 2 nitrogen and oxygen atoms in total. The van der Waals surface area contributed by atoms with Crippen molar-refractivity contribution < 1.29 is 0 Å². The average molecular weight is 288 g/mol. The summed E-state index contributed by atoms with van der Waals surface area (Å²) in [5, 5.41) is 3.71. The molecule has 2 heterocycles. The smallest absolute Gasteiger partial charge is 0.0484 e. The Hall–Kier alpha value is -0.900. The molecule has 3 heteroatoms. The van der Waals surface area contributed by atoms with E-state index in [9.17, 15) is 0 Å². The summed E-state index contributed by atoms with van der Waals surface area (Å²) in [6.07, 6.45) is 3.97. The van der Waals surface area contributed by atoms with Crippen molar-refractivity contribution in [3.8, 4) is 0 Å². The topological polar surface area (TPSA) is 29.3 Å². The van der Waals surface area contributed by atoms with Gasteiger partial charge in [-0.2, -0.15) is 0 Å². The predicted molar refractivity (Wildman–Crippen MR) is 88.2 cm³/mol. The minimum Gasteiger partial charge on any atom is -0.329 e. The first kappa shape index (κ1) is 14.1. The number of hydrogen-bond donors (Lipinski definition) is 1. The number of hydrogen-bond acceptors (Lipinski definition) is 3. The number of fused-ring (bicyclic) bond motifs is 1. The molecule has 1 aromatic heterocycles. The number of thiophene rings is 1. The Labute approximate surface area is 125 Å². The van der Waals surface area contributed by atoms with Gasteiger partial charge in [0.15, 0.2) is 0 Å². The molecule has 1 aromatic carbocycles. The van der Waals surface area contributed by atoms with Crippen LogP contribution in [0.15, 0.2) is 29.6 Å². The Bertz CT molecular complexity index is 563. The van der Waals surface area contributed by atoms with E-state index in [1.165, 1.54) is 48.0 Å². The van der Waals surface area contributed by atoms with E-state index in [0.717, 1.165) is 12.5 Å². The minimum atomic E-state index is 0.386. The zero-order valence-corrected chi connectivity index (χ0v) is 13.0.